The van der Waals surface area contributed by atoms with Crippen LogP contribution in [0.4, 0.5) is 22.0 Å². The van der Waals surface area contributed by atoms with Crippen LogP contribution in [-0.4, -0.2) is 44.4 Å². The minimum atomic E-state index is -0.256. The Bertz CT molecular complexity index is 961. The zero-order valence-corrected chi connectivity index (χ0v) is 17.5. The summed E-state index contributed by atoms with van der Waals surface area (Å²) in [5, 5.41) is 4.27. The summed E-state index contributed by atoms with van der Waals surface area (Å²) in [5.41, 5.74) is 4.77. The number of hydrazone groups is 1. The molecule has 0 fully saturated rings. The zero-order chi connectivity index (χ0) is 21.5. The minimum absolute atomic E-state index is 0.256. The molecule has 1 aromatic heterocycles. The molecular formula is C22H25FN6O. The number of hydrogen-bond acceptors (Lipinski definition) is 7. The molecule has 1 N–H and O–H groups in total. The highest BCUT2D eigenvalue weighted by atomic mass is 19.1. The van der Waals surface area contributed by atoms with Gasteiger partial charge in [-0.3, -0.25) is 5.43 Å². The maximum atomic E-state index is 12.9. The predicted octanol–water partition coefficient (Wildman–Crippen LogP) is 3.77. The first-order valence-corrected chi connectivity index (χ1v) is 9.41. The molecule has 1 heterocycles. The molecule has 0 unspecified atom stereocenters. The Morgan fingerprint density at radius 3 is 2.30 bits per heavy atom. The normalized spacial score (nSPS) is 10.8. The highest BCUT2D eigenvalue weighted by molar-refractivity contribution is 5.80. The molecule has 156 valence electrons. The van der Waals surface area contributed by atoms with Gasteiger partial charge in [0.2, 0.25) is 5.95 Å². The fourth-order valence-electron chi connectivity index (χ4n) is 2.48. The van der Waals surface area contributed by atoms with Gasteiger partial charge < -0.3 is 14.5 Å². The summed E-state index contributed by atoms with van der Waals surface area (Å²) >= 11 is 0. The van der Waals surface area contributed by atoms with E-state index in [4.69, 9.17) is 4.74 Å². The first-order valence-electron chi connectivity index (χ1n) is 9.41. The smallest absolute Gasteiger partial charge is 0.228 e. The number of anilines is 3. The van der Waals surface area contributed by atoms with Gasteiger partial charge >= 0.3 is 0 Å². The molecule has 3 aromatic rings. The second kappa shape index (κ2) is 9.69. The van der Waals surface area contributed by atoms with Gasteiger partial charge in [-0.2, -0.15) is 15.1 Å². The van der Waals surface area contributed by atoms with Gasteiger partial charge in [-0.05, 0) is 47.5 Å². The molecule has 0 atom stereocenters. The summed E-state index contributed by atoms with van der Waals surface area (Å²) in [7, 11) is 7.63. The number of halogens is 1. The number of rotatable bonds is 8. The van der Waals surface area contributed by atoms with E-state index in [-0.39, 0.29) is 5.82 Å². The number of benzene rings is 2. The van der Waals surface area contributed by atoms with E-state index in [1.54, 1.807) is 18.3 Å². The van der Waals surface area contributed by atoms with Gasteiger partial charge in [-0.25, -0.2) is 4.39 Å². The van der Waals surface area contributed by atoms with E-state index >= 15 is 0 Å². The van der Waals surface area contributed by atoms with E-state index in [9.17, 15) is 4.39 Å². The highest BCUT2D eigenvalue weighted by Crippen LogP contribution is 2.18. The molecule has 7 nitrogen and oxygen atoms in total. The van der Waals surface area contributed by atoms with Crippen molar-refractivity contribution in [2.75, 3.05) is 43.4 Å². The molecule has 0 aliphatic carbocycles. The molecule has 0 bridgehead atoms. The van der Waals surface area contributed by atoms with Crippen molar-refractivity contribution < 1.29 is 9.13 Å². The SMILES string of the molecule is CN(C)c1cc(N/N=C\c2ccc(OCc3ccc(F)cc3)cc2)nc(N(C)C)n1. The first-order chi connectivity index (χ1) is 14.4. The Balaban J connectivity index is 1.59. The van der Waals surface area contributed by atoms with Crippen LogP contribution in [0.15, 0.2) is 59.7 Å². The van der Waals surface area contributed by atoms with Crippen molar-refractivity contribution in [2.24, 2.45) is 5.10 Å². The van der Waals surface area contributed by atoms with E-state index in [0.717, 1.165) is 22.7 Å². The lowest BCUT2D eigenvalue weighted by molar-refractivity contribution is 0.306. The van der Waals surface area contributed by atoms with Gasteiger partial charge in [0.25, 0.3) is 0 Å². The van der Waals surface area contributed by atoms with Crippen molar-refractivity contribution in [1.29, 1.82) is 0 Å². The first kappa shape index (κ1) is 21.0. The third-order valence-electron chi connectivity index (χ3n) is 4.15. The van der Waals surface area contributed by atoms with Crippen LogP contribution in [0.3, 0.4) is 0 Å². The third kappa shape index (κ3) is 5.91. The van der Waals surface area contributed by atoms with Gasteiger partial charge in [-0.1, -0.05) is 12.1 Å². The maximum Gasteiger partial charge on any atom is 0.228 e. The molecule has 2 aromatic carbocycles. The van der Waals surface area contributed by atoms with Crippen molar-refractivity contribution >= 4 is 23.8 Å². The molecule has 0 saturated heterocycles. The van der Waals surface area contributed by atoms with Crippen LogP contribution in [0, 0.1) is 5.82 Å². The Kier molecular flexibility index (Phi) is 6.79. The molecule has 0 amide bonds. The molecule has 3 rings (SSSR count). The second-order valence-electron chi connectivity index (χ2n) is 7.05. The molecule has 0 aliphatic heterocycles. The quantitative estimate of drug-likeness (QED) is 0.452. The lowest BCUT2D eigenvalue weighted by atomic mass is 10.2. The fraction of sp³-hybridized carbons (Fsp3) is 0.227. The summed E-state index contributed by atoms with van der Waals surface area (Å²) in [6.07, 6.45) is 1.70. The van der Waals surface area contributed by atoms with Crippen molar-refractivity contribution in [3.8, 4) is 5.75 Å². The standard InChI is InChI=1S/C22H25FN6O/c1-28(2)21-13-20(25-22(26-21)29(3)4)27-24-14-16-7-11-19(12-8-16)30-15-17-5-9-18(23)10-6-17/h5-14H,15H2,1-4H3,(H,25,26,27)/b24-14-. The highest BCUT2D eigenvalue weighted by Gasteiger charge is 2.07. The fourth-order valence-corrected chi connectivity index (χ4v) is 2.48. The Labute approximate surface area is 175 Å². The largest absolute Gasteiger partial charge is 0.489 e. The number of aromatic nitrogens is 2. The summed E-state index contributed by atoms with van der Waals surface area (Å²) < 4.78 is 18.7. The van der Waals surface area contributed by atoms with Gasteiger partial charge in [0.1, 0.15) is 24.0 Å². The Morgan fingerprint density at radius 1 is 0.967 bits per heavy atom. The average Bonchev–Trinajstić information content (AvgIpc) is 2.74. The van der Waals surface area contributed by atoms with Gasteiger partial charge in [0, 0.05) is 34.3 Å². The Hall–Kier alpha value is -3.68. The monoisotopic (exact) mass is 408 g/mol. The molecule has 0 saturated carbocycles. The second-order valence-corrected chi connectivity index (χ2v) is 7.05. The van der Waals surface area contributed by atoms with Crippen LogP contribution >= 0.6 is 0 Å². The molecule has 30 heavy (non-hydrogen) atoms. The number of hydrogen-bond donors (Lipinski definition) is 1. The summed E-state index contributed by atoms with van der Waals surface area (Å²) in [6.45, 7) is 0.380. The number of nitrogens with zero attached hydrogens (tertiary/aromatic N) is 5. The van der Waals surface area contributed by atoms with E-state index in [0.29, 0.717) is 18.4 Å². The number of nitrogens with one attached hydrogen (secondary N) is 1. The van der Waals surface area contributed by atoms with Crippen LogP contribution in [0.1, 0.15) is 11.1 Å². The van der Waals surface area contributed by atoms with Crippen molar-refractivity contribution in [2.45, 2.75) is 6.61 Å². The molecule has 0 spiro atoms. The topological polar surface area (TPSA) is 65.9 Å². The lowest BCUT2D eigenvalue weighted by Crippen LogP contribution is -2.17. The van der Waals surface area contributed by atoms with Crippen LogP contribution in [0.25, 0.3) is 0 Å². The van der Waals surface area contributed by atoms with Crippen molar-refractivity contribution in [1.82, 2.24) is 9.97 Å². The predicted molar refractivity (Wildman–Crippen MR) is 119 cm³/mol. The van der Waals surface area contributed by atoms with Gasteiger partial charge in [-0.15, -0.1) is 0 Å². The van der Waals surface area contributed by atoms with Crippen molar-refractivity contribution in [3.05, 3.63) is 71.5 Å². The molecule has 0 radical (unpaired) electrons. The van der Waals surface area contributed by atoms with Gasteiger partial charge in [0.05, 0.1) is 6.21 Å². The van der Waals surface area contributed by atoms with Crippen LogP contribution in [-0.2, 0) is 6.61 Å². The van der Waals surface area contributed by atoms with E-state index in [1.165, 1.54) is 12.1 Å². The third-order valence-corrected chi connectivity index (χ3v) is 4.15. The van der Waals surface area contributed by atoms with E-state index in [1.807, 2.05) is 68.3 Å². The van der Waals surface area contributed by atoms with Crippen molar-refractivity contribution in [3.63, 3.8) is 0 Å². The van der Waals surface area contributed by atoms with E-state index < -0.39 is 0 Å². The Morgan fingerprint density at radius 2 is 1.67 bits per heavy atom. The van der Waals surface area contributed by atoms with Gasteiger partial charge in [0.15, 0.2) is 5.82 Å². The zero-order valence-electron chi connectivity index (χ0n) is 17.5. The summed E-state index contributed by atoms with van der Waals surface area (Å²) in [4.78, 5) is 12.7. The molecule has 0 aliphatic rings. The summed E-state index contributed by atoms with van der Waals surface area (Å²) in [5.74, 6) is 2.46. The van der Waals surface area contributed by atoms with Crippen LogP contribution < -0.4 is 20.0 Å². The molecule has 8 heteroatoms. The average molecular weight is 408 g/mol. The van der Waals surface area contributed by atoms with E-state index in [2.05, 4.69) is 20.5 Å². The lowest BCUT2D eigenvalue weighted by Gasteiger charge is -2.16. The molecular weight excluding hydrogens is 383 g/mol. The minimum Gasteiger partial charge on any atom is -0.489 e. The summed E-state index contributed by atoms with van der Waals surface area (Å²) in [6, 6.07) is 15.6. The number of ether oxygens (including phenoxy) is 1. The van der Waals surface area contributed by atoms with Crippen LogP contribution in [0.5, 0.6) is 5.75 Å². The van der Waals surface area contributed by atoms with Crippen LogP contribution in [0.2, 0.25) is 0 Å². The maximum absolute atomic E-state index is 12.9.